The minimum atomic E-state index is 0.827. The van der Waals surface area contributed by atoms with Crippen LogP contribution in [0.3, 0.4) is 0 Å². The van der Waals surface area contributed by atoms with Gasteiger partial charge in [0.1, 0.15) is 17.0 Å². The summed E-state index contributed by atoms with van der Waals surface area (Å²) in [6.45, 7) is 4.25. The number of aromatic nitrogens is 2. The van der Waals surface area contributed by atoms with Gasteiger partial charge in [-0.15, -0.1) is 11.3 Å². The molecule has 0 aliphatic carbocycles. The summed E-state index contributed by atoms with van der Waals surface area (Å²) in [5.74, 6) is 0.827. The van der Waals surface area contributed by atoms with Gasteiger partial charge in [0.05, 0.1) is 5.39 Å². The molecule has 0 aliphatic heterocycles. The lowest BCUT2D eigenvalue weighted by Gasteiger charge is -2.11. The molecule has 152 valence electrons. The van der Waals surface area contributed by atoms with Crippen molar-refractivity contribution in [3.8, 4) is 11.1 Å². The van der Waals surface area contributed by atoms with Gasteiger partial charge in [-0.2, -0.15) is 0 Å². The Morgan fingerprint density at radius 1 is 0.677 bits per heavy atom. The number of benzene rings is 3. The van der Waals surface area contributed by atoms with Crippen LogP contribution in [0.2, 0.25) is 0 Å². The minimum absolute atomic E-state index is 0.827. The molecular weight excluding hydrogens is 400 g/mol. The lowest BCUT2D eigenvalue weighted by atomic mass is 10.0. The van der Waals surface area contributed by atoms with Crippen molar-refractivity contribution in [1.29, 1.82) is 0 Å². The molecule has 0 saturated carbocycles. The molecule has 2 aromatic heterocycles. The second-order valence-electron chi connectivity index (χ2n) is 7.50. The summed E-state index contributed by atoms with van der Waals surface area (Å²) < 4.78 is 0. The van der Waals surface area contributed by atoms with Crippen molar-refractivity contribution in [2.45, 2.75) is 13.8 Å². The number of nitrogens with zero attached hydrogens (tertiary/aromatic N) is 2. The molecule has 4 nitrogen and oxygen atoms in total. The first-order valence-electron chi connectivity index (χ1n) is 10.2. The van der Waals surface area contributed by atoms with Crippen LogP contribution in [0.25, 0.3) is 21.3 Å². The smallest absolute Gasteiger partial charge is 0.143 e. The fourth-order valence-electron chi connectivity index (χ4n) is 3.67. The van der Waals surface area contributed by atoms with Gasteiger partial charge in [-0.3, -0.25) is 0 Å². The number of hydrogen-bond donors (Lipinski definition) is 2. The van der Waals surface area contributed by atoms with Crippen LogP contribution < -0.4 is 10.6 Å². The van der Waals surface area contributed by atoms with Crippen LogP contribution in [0, 0.1) is 13.8 Å². The number of fused-ring (bicyclic) bond motifs is 1. The molecular formula is C26H22N4S. The third-order valence-corrected chi connectivity index (χ3v) is 6.23. The van der Waals surface area contributed by atoms with Crippen LogP contribution in [0.4, 0.5) is 22.9 Å². The monoisotopic (exact) mass is 422 g/mol. The number of thiophene rings is 1. The van der Waals surface area contributed by atoms with Crippen LogP contribution in [-0.2, 0) is 0 Å². The van der Waals surface area contributed by atoms with Gasteiger partial charge in [0.25, 0.3) is 0 Å². The van der Waals surface area contributed by atoms with E-state index in [1.165, 1.54) is 21.6 Å². The van der Waals surface area contributed by atoms with E-state index in [9.17, 15) is 0 Å². The van der Waals surface area contributed by atoms with Gasteiger partial charge in [-0.05, 0) is 55.8 Å². The second kappa shape index (κ2) is 8.20. The first kappa shape index (κ1) is 19.3. The Bertz CT molecular complexity index is 1320. The van der Waals surface area contributed by atoms with Gasteiger partial charge in [0.15, 0.2) is 0 Å². The topological polar surface area (TPSA) is 49.8 Å². The number of hydrogen-bond acceptors (Lipinski definition) is 5. The summed E-state index contributed by atoms with van der Waals surface area (Å²) in [5.41, 5.74) is 6.73. The van der Waals surface area contributed by atoms with E-state index >= 15 is 0 Å². The van der Waals surface area contributed by atoms with E-state index in [2.05, 4.69) is 95.1 Å². The molecule has 0 saturated heterocycles. The van der Waals surface area contributed by atoms with E-state index in [-0.39, 0.29) is 0 Å². The highest BCUT2D eigenvalue weighted by Gasteiger charge is 2.17. The summed E-state index contributed by atoms with van der Waals surface area (Å²) >= 11 is 1.71. The molecule has 0 spiro atoms. The molecule has 0 radical (unpaired) electrons. The summed E-state index contributed by atoms with van der Waals surface area (Å²) in [6, 6.07) is 27.0. The zero-order chi connectivity index (χ0) is 21.2. The summed E-state index contributed by atoms with van der Waals surface area (Å²) in [6.07, 6.45) is 1.63. The molecule has 2 heterocycles. The van der Waals surface area contributed by atoms with Crippen molar-refractivity contribution in [3.63, 3.8) is 0 Å². The van der Waals surface area contributed by atoms with E-state index in [0.29, 0.717) is 0 Å². The lowest BCUT2D eigenvalue weighted by Crippen LogP contribution is -1.96. The van der Waals surface area contributed by atoms with Gasteiger partial charge >= 0.3 is 0 Å². The summed E-state index contributed by atoms with van der Waals surface area (Å²) in [5, 5.41) is 7.98. The Kier molecular flexibility index (Phi) is 5.10. The predicted octanol–water partition coefficient (Wildman–Crippen LogP) is 7.46. The van der Waals surface area contributed by atoms with E-state index in [0.717, 1.165) is 33.1 Å². The summed E-state index contributed by atoms with van der Waals surface area (Å²) in [4.78, 5) is 11.3. The number of anilines is 4. The van der Waals surface area contributed by atoms with Crippen LogP contribution in [-0.4, -0.2) is 9.97 Å². The van der Waals surface area contributed by atoms with Crippen molar-refractivity contribution < 1.29 is 0 Å². The zero-order valence-electron chi connectivity index (χ0n) is 17.4. The summed E-state index contributed by atoms with van der Waals surface area (Å²) in [7, 11) is 0. The highest BCUT2D eigenvalue weighted by Crippen LogP contribution is 2.41. The SMILES string of the molecule is Cc1ccc(-c2c(C)sc3ncnc(Nc4ccc(Nc5ccccc5)cc4)c23)cc1. The van der Waals surface area contributed by atoms with Gasteiger partial charge in [-0.1, -0.05) is 48.0 Å². The predicted molar refractivity (Wildman–Crippen MR) is 132 cm³/mol. The maximum atomic E-state index is 4.58. The Labute approximate surface area is 185 Å². The Morgan fingerprint density at radius 2 is 1.32 bits per heavy atom. The molecule has 0 amide bonds. The molecule has 5 aromatic rings. The van der Waals surface area contributed by atoms with Gasteiger partial charge in [-0.25, -0.2) is 9.97 Å². The van der Waals surface area contributed by atoms with Crippen molar-refractivity contribution in [2.24, 2.45) is 0 Å². The zero-order valence-corrected chi connectivity index (χ0v) is 18.2. The van der Waals surface area contributed by atoms with Crippen molar-refractivity contribution in [2.75, 3.05) is 10.6 Å². The maximum Gasteiger partial charge on any atom is 0.143 e. The van der Waals surface area contributed by atoms with Gasteiger partial charge < -0.3 is 10.6 Å². The largest absolute Gasteiger partial charge is 0.356 e. The highest BCUT2D eigenvalue weighted by atomic mass is 32.1. The number of para-hydroxylation sites is 1. The average molecular weight is 423 g/mol. The average Bonchev–Trinajstić information content (AvgIpc) is 3.13. The van der Waals surface area contributed by atoms with Gasteiger partial charge in [0, 0.05) is 27.5 Å². The van der Waals surface area contributed by atoms with Crippen molar-refractivity contribution in [1.82, 2.24) is 9.97 Å². The quantitative estimate of drug-likeness (QED) is 0.308. The van der Waals surface area contributed by atoms with Gasteiger partial charge in [0.2, 0.25) is 0 Å². The number of aryl methyl sites for hydroxylation is 2. The Balaban J connectivity index is 1.47. The van der Waals surface area contributed by atoms with E-state index in [1.54, 1.807) is 17.7 Å². The number of rotatable bonds is 5. The highest BCUT2D eigenvalue weighted by molar-refractivity contribution is 7.19. The molecule has 31 heavy (non-hydrogen) atoms. The Morgan fingerprint density at radius 3 is 2.03 bits per heavy atom. The van der Waals surface area contributed by atoms with Crippen molar-refractivity contribution in [3.05, 3.63) is 95.6 Å². The first-order chi connectivity index (χ1) is 15.2. The van der Waals surface area contributed by atoms with E-state index < -0.39 is 0 Å². The van der Waals surface area contributed by atoms with Crippen molar-refractivity contribution >= 4 is 44.4 Å². The van der Waals surface area contributed by atoms with Crippen LogP contribution >= 0.6 is 11.3 Å². The second-order valence-corrected chi connectivity index (χ2v) is 8.70. The molecule has 3 aromatic carbocycles. The number of nitrogens with one attached hydrogen (secondary N) is 2. The van der Waals surface area contributed by atoms with Crippen LogP contribution in [0.5, 0.6) is 0 Å². The van der Waals surface area contributed by atoms with E-state index in [4.69, 9.17) is 0 Å². The Hall–Kier alpha value is -3.70. The molecule has 0 bridgehead atoms. The first-order valence-corrected chi connectivity index (χ1v) is 11.0. The molecule has 0 unspecified atom stereocenters. The molecule has 0 aliphatic rings. The third kappa shape index (κ3) is 4.00. The fourth-order valence-corrected chi connectivity index (χ4v) is 4.68. The fraction of sp³-hybridized carbons (Fsp3) is 0.0769. The maximum absolute atomic E-state index is 4.58. The minimum Gasteiger partial charge on any atom is -0.356 e. The van der Waals surface area contributed by atoms with Crippen LogP contribution in [0.1, 0.15) is 10.4 Å². The molecule has 2 N–H and O–H groups in total. The standard InChI is InChI=1S/C26H22N4S/c1-17-8-10-19(11-9-17)23-18(2)31-26-24(23)25(27-16-28-26)30-22-14-12-21(13-15-22)29-20-6-4-3-5-7-20/h3-16,29H,1-2H3,(H,27,28,30). The molecule has 0 atom stereocenters. The molecule has 5 rings (SSSR count). The lowest BCUT2D eigenvalue weighted by molar-refractivity contribution is 1.23. The molecule has 0 fully saturated rings. The molecule has 5 heteroatoms. The van der Waals surface area contributed by atoms with Crippen LogP contribution in [0.15, 0.2) is 85.2 Å². The van der Waals surface area contributed by atoms with E-state index in [1.807, 2.05) is 18.2 Å². The third-order valence-electron chi connectivity index (χ3n) is 5.21. The normalized spacial score (nSPS) is 10.9.